The Morgan fingerprint density at radius 3 is 1.95 bits per heavy atom. The summed E-state index contributed by atoms with van der Waals surface area (Å²) in [6, 6.07) is 10.1. The van der Waals surface area contributed by atoms with Crippen LogP contribution in [-0.4, -0.2) is 35.2 Å². The van der Waals surface area contributed by atoms with Crippen LogP contribution in [0, 0.1) is 0 Å². The quantitative estimate of drug-likeness (QED) is 0.447. The van der Waals surface area contributed by atoms with E-state index in [9.17, 15) is 0 Å². The van der Waals surface area contributed by atoms with E-state index in [2.05, 4.69) is 26.0 Å². The normalized spacial score (nSPS) is 11.8. The molecule has 22 heavy (non-hydrogen) atoms. The first-order valence-corrected chi connectivity index (χ1v) is 10.2. The first kappa shape index (κ1) is 19.3. The predicted molar refractivity (Wildman–Crippen MR) is 93.2 cm³/mol. The maximum atomic E-state index is 6.22. The highest BCUT2D eigenvalue weighted by molar-refractivity contribution is 6.75. The molecule has 0 radical (unpaired) electrons. The van der Waals surface area contributed by atoms with E-state index < -0.39 is 8.80 Å². The van der Waals surface area contributed by atoms with Gasteiger partial charge in [-0.05, 0) is 38.6 Å². The van der Waals surface area contributed by atoms with E-state index in [0.29, 0.717) is 19.8 Å². The van der Waals surface area contributed by atoms with Crippen LogP contribution in [0.2, 0.25) is 0 Å². The van der Waals surface area contributed by atoms with Gasteiger partial charge in [0.25, 0.3) is 0 Å². The van der Waals surface area contributed by atoms with Gasteiger partial charge in [0.1, 0.15) is 0 Å². The summed E-state index contributed by atoms with van der Waals surface area (Å²) in [6.45, 7) is 6.92. The van der Waals surface area contributed by atoms with Gasteiger partial charge in [0, 0.05) is 25.0 Å². The highest BCUT2D eigenvalue weighted by atomic mass is 28.4. The zero-order valence-corrected chi connectivity index (χ0v) is 15.1. The number of nitrogens with two attached hydrogens (primary N) is 1. The Morgan fingerprint density at radius 2 is 1.41 bits per heavy atom. The van der Waals surface area contributed by atoms with E-state index >= 15 is 0 Å². The highest BCUT2D eigenvalue weighted by Crippen LogP contribution is 2.13. The molecule has 1 rings (SSSR count). The van der Waals surface area contributed by atoms with E-state index in [1.165, 1.54) is 0 Å². The van der Waals surface area contributed by atoms with E-state index in [1.54, 1.807) is 0 Å². The molecule has 0 aliphatic rings. The summed E-state index contributed by atoms with van der Waals surface area (Å²) in [5.41, 5.74) is 5.54. The maximum Gasteiger partial charge on any atom is 0.537 e. The van der Waals surface area contributed by atoms with E-state index in [0.717, 1.165) is 43.8 Å². The van der Waals surface area contributed by atoms with Crippen LogP contribution in [0.15, 0.2) is 30.3 Å². The van der Waals surface area contributed by atoms with Gasteiger partial charge in [0.05, 0.1) is 0 Å². The molecule has 0 aromatic heterocycles. The van der Waals surface area contributed by atoms with Crippen molar-refractivity contribution in [1.82, 2.24) is 0 Å². The van der Waals surface area contributed by atoms with Crippen LogP contribution in [0.1, 0.15) is 46.0 Å². The van der Waals surface area contributed by atoms with Crippen molar-refractivity contribution < 1.29 is 13.3 Å². The van der Waals surface area contributed by atoms with Gasteiger partial charge in [-0.15, -0.1) is 0 Å². The zero-order chi connectivity index (χ0) is 16.1. The van der Waals surface area contributed by atoms with Gasteiger partial charge in [-0.2, -0.15) is 0 Å². The Morgan fingerprint density at radius 1 is 0.818 bits per heavy atom. The minimum Gasteiger partial charge on any atom is -0.370 e. The van der Waals surface area contributed by atoms with Crippen molar-refractivity contribution in [1.29, 1.82) is 0 Å². The van der Waals surface area contributed by atoms with Crippen LogP contribution in [0.25, 0.3) is 0 Å². The molecule has 0 saturated heterocycles. The van der Waals surface area contributed by atoms with Gasteiger partial charge >= 0.3 is 8.80 Å². The predicted octanol–water partition coefficient (Wildman–Crippen LogP) is 2.83. The molecule has 0 heterocycles. The van der Waals surface area contributed by atoms with Crippen molar-refractivity contribution in [3.05, 3.63) is 30.3 Å². The molecular weight excluding hydrogens is 294 g/mol. The molecule has 1 aromatic rings. The summed E-state index contributed by atoms with van der Waals surface area (Å²) >= 11 is 0. The minimum atomic E-state index is -2.81. The lowest BCUT2D eigenvalue weighted by Gasteiger charge is -2.30. The second-order valence-electron chi connectivity index (χ2n) is 5.32. The summed E-state index contributed by atoms with van der Waals surface area (Å²) in [6.07, 6.45) is 5.01. The number of rotatable bonds is 13. The molecule has 2 N–H and O–H groups in total. The lowest BCUT2D eigenvalue weighted by molar-refractivity contribution is 0.0718. The molecule has 0 aliphatic heterocycles. The van der Waals surface area contributed by atoms with Crippen LogP contribution in [0.5, 0.6) is 0 Å². The molecule has 0 unspecified atom stereocenters. The summed E-state index contributed by atoms with van der Waals surface area (Å²) < 4.78 is 18.5. The van der Waals surface area contributed by atoms with Crippen LogP contribution < -0.4 is 10.9 Å². The van der Waals surface area contributed by atoms with Crippen molar-refractivity contribution >= 4 is 14.0 Å². The van der Waals surface area contributed by atoms with Gasteiger partial charge < -0.3 is 19.0 Å². The van der Waals surface area contributed by atoms with Crippen molar-refractivity contribution in [3.8, 4) is 0 Å². The Labute approximate surface area is 136 Å². The number of hydrogen-bond acceptors (Lipinski definition) is 4. The van der Waals surface area contributed by atoms with Gasteiger partial charge in [-0.25, -0.2) is 0 Å². The molecule has 4 nitrogen and oxygen atoms in total. The van der Waals surface area contributed by atoms with Crippen molar-refractivity contribution in [2.45, 2.75) is 46.0 Å². The third kappa shape index (κ3) is 6.58. The molecule has 126 valence electrons. The summed E-state index contributed by atoms with van der Waals surface area (Å²) in [4.78, 5) is 0. The lowest BCUT2D eigenvalue weighted by atomic mass is 10.2. The molecule has 5 heteroatoms. The Bertz CT molecular complexity index is 367. The molecule has 0 atom stereocenters. The third-order valence-electron chi connectivity index (χ3n) is 3.26. The molecule has 0 saturated carbocycles. The fourth-order valence-electron chi connectivity index (χ4n) is 2.12. The van der Waals surface area contributed by atoms with E-state index in [1.807, 2.05) is 18.2 Å². The standard InChI is InChI=1S/C17H31NO3Si/c1-3-14-19-22(20-15-4-2,17-11-7-5-8-12-17)21-16-10-6-9-13-18/h5,7-8,11-12H,3-4,6,9-10,13-16,18H2,1-2H3. The van der Waals surface area contributed by atoms with Crippen molar-refractivity contribution in [2.24, 2.45) is 5.73 Å². The zero-order valence-electron chi connectivity index (χ0n) is 14.1. The molecule has 1 aromatic carbocycles. The monoisotopic (exact) mass is 325 g/mol. The van der Waals surface area contributed by atoms with Gasteiger partial charge in [0.15, 0.2) is 0 Å². The van der Waals surface area contributed by atoms with E-state index in [4.69, 9.17) is 19.0 Å². The van der Waals surface area contributed by atoms with E-state index in [-0.39, 0.29) is 0 Å². The van der Waals surface area contributed by atoms with Crippen molar-refractivity contribution in [3.63, 3.8) is 0 Å². The molecule has 0 fully saturated rings. The summed E-state index contributed by atoms with van der Waals surface area (Å²) in [5.74, 6) is 0. The average molecular weight is 326 g/mol. The second-order valence-corrected chi connectivity index (χ2v) is 7.87. The third-order valence-corrected chi connectivity index (χ3v) is 6.05. The van der Waals surface area contributed by atoms with Gasteiger partial charge in [-0.1, -0.05) is 44.2 Å². The second kappa shape index (κ2) is 11.8. The Hall–Kier alpha value is -0.723. The average Bonchev–Trinajstić information content (AvgIpc) is 2.57. The maximum absolute atomic E-state index is 6.22. The summed E-state index contributed by atoms with van der Waals surface area (Å²) in [7, 11) is -2.81. The fraction of sp³-hybridized carbons (Fsp3) is 0.647. The molecule has 0 spiro atoms. The topological polar surface area (TPSA) is 53.7 Å². The van der Waals surface area contributed by atoms with Crippen LogP contribution in [0.3, 0.4) is 0 Å². The first-order chi connectivity index (χ1) is 10.8. The largest absolute Gasteiger partial charge is 0.537 e. The molecular formula is C17H31NO3Si. The Balaban J connectivity index is 2.78. The number of benzene rings is 1. The molecule has 0 aliphatic carbocycles. The highest BCUT2D eigenvalue weighted by Gasteiger charge is 2.43. The minimum absolute atomic E-state index is 0.660. The van der Waals surface area contributed by atoms with Crippen LogP contribution in [0.4, 0.5) is 0 Å². The van der Waals surface area contributed by atoms with Crippen LogP contribution >= 0.6 is 0 Å². The van der Waals surface area contributed by atoms with Gasteiger partial charge in [0.2, 0.25) is 0 Å². The lowest BCUT2D eigenvalue weighted by Crippen LogP contribution is -2.57. The smallest absolute Gasteiger partial charge is 0.370 e. The fourth-order valence-corrected chi connectivity index (χ4v) is 4.83. The number of hydrogen-bond donors (Lipinski definition) is 1. The van der Waals surface area contributed by atoms with Crippen molar-refractivity contribution in [2.75, 3.05) is 26.4 Å². The Kier molecular flexibility index (Phi) is 10.4. The summed E-state index contributed by atoms with van der Waals surface area (Å²) in [5, 5.41) is 1.05. The molecule has 0 amide bonds. The van der Waals surface area contributed by atoms with Gasteiger partial charge in [-0.3, -0.25) is 0 Å². The number of unbranched alkanes of at least 4 members (excludes halogenated alkanes) is 2. The first-order valence-electron chi connectivity index (χ1n) is 8.46. The SMILES string of the molecule is CCCO[Si](OCCC)(OCCCCCN)c1ccccc1. The van der Waals surface area contributed by atoms with Crippen LogP contribution in [-0.2, 0) is 13.3 Å². The molecule has 0 bridgehead atoms.